The lowest BCUT2D eigenvalue weighted by Crippen LogP contribution is -2.33. The minimum atomic E-state index is -5.00. The summed E-state index contributed by atoms with van der Waals surface area (Å²) < 4.78 is 78.0. The van der Waals surface area contributed by atoms with Crippen LogP contribution in [0.4, 0.5) is 26.3 Å². The summed E-state index contributed by atoms with van der Waals surface area (Å²) >= 11 is 0. The second-order valence-electron chi connectivity index (χ2n) is 5.15. The third-order valence-corrected chi connectivity index (χ3v) is 3.95. The molecule has 1 fully saturated rings. The Balaban J connectivity index is 2.06. The number of pyridine rings is 1. The fourth-order valence-electron chi connectivity index (χ4n) is 3.24. The lowest BCUT2D eigenvalue weighted by Gasteiger charge is -2.27. The number of aromatic nitrogens is 1. The molecular weight excluding hydrogens is 298 g/mol. The van der Waals surface area contributed by atoms with Crippen LogP contribution in [-0.4, -0.2) is 29.4 Å². The SMILES string of the molecule is FC(F)(F)C1=C(C(F)(F)F)C2NC1CC2c1cccnc1. The van der Waals surface area contributed by atoms with Gasteiger partial charge in [0.2, 0.25) is 0 Å². The molecule has 2 aliphatic heterocycles. The van der Waals surface area contributed by atoms with Crippen molar-refractivity contribution >= 4 is 0 Å². The largest absolute Gasteiger partial charge is 0.414 e. The highest BCUT2D eigenvalue weighted by molar-refractivity contribution is 5.45. The molecule has 0 spiro atoms. The van der Waals surface area contributed by atoms with Crippen molar-refractivity contribution in [2.75, 3.05) is 0 Å². The fourth-order valence-corrected chi connectivity index (χ4v) is 3.24. The monoisotopic (exact) mass is 308 g/mol. The van der Waals surface area contributed by atoms with Crippen LogP contribution in [0.2, 0.25) is 0 Å². The van der Waals surface area contributed by atoms with Crippen LogP contribution < -0.4 is 5.32 Å². The van der Waals surface area contributed by atoms with Gasteiger partial charge in [-0.3, -0.25) is 4.98 Å². The molecule has 1 aromatic heterocycles. The van der Waals surface area contributed by atoms with E-state index in [9.17, 15) is 26.3 Å². The maximum atomic E-state index is 13.1. The number of alkyl halides is 6. The summed E-state index contributed by atoms with van der Waals surface area (Å²) in [5, 5.41) is 2.45. The van der Waals surface area contributed by atoms with E-state index in [1.54, 1.807) is 12.1 Å². The third kappa shape index (κ3) is 2.31. The number of nitrogens with one attached hydrogen (secondary N) is 1. The summed E-state index contributed by atoms with van der Waals surface area (Å²) in [6.07, 6.45) is -7.12. The number of rotatable bonds is 1. The van der Waals surface area contributed by atoms with E-state index in [2.05, 4.69) is 10.3 Å². The average Bonchev–Trinajstić information content (AvgIpc) is 2.95. The molecule has 1 saturated heterocycles. The Kier molecular flexibility index (Phi) is 3.05. The molecule has 0 aliphatic carbocycles. The Hall–Kier alpha value is -1.57. The zero-order chi connectivity index (χ0) is 15.4. The molecule has 1 N–H and O–H groups in total. The summed E-state index contributed by atoms with van der Waals surface area (Å²) in [6, 6.07) is 0.470. The number of nitrogens with zero attached hydrogens (tertiary/aromatic N) is 1. The van der Waals surface area contributed by atoms with Gasteiger partial charge >= 0.3 is 12.4 Å². The third-order valence-electron chi connectivity index (χ3n) is 3.95. The van der Waals surface area contributed by atoms with Gasteiger partial charge in [-0.2, -0.15) is 26.3 Å². The molecule has 2 aliphatic rings. The van der Waals surface area contributed by atoms with E-state index < -0.39 is 41.5 Å². The van der Waals surface area contributed by atoms with Crippen LogP contribution in [0.25, 0.3) is 0 Å². The van der Waals surface area contributed by atoms with E-state index in [1.807, 2.05) is 0 Å². The smallest absolute Gasteiger partial charge is 0.302 e. The molecule has 0 radical (unpaired) electrons. The molecule has 21 heavy (non-hydrogen) atoms. The van der Waals surface area contributed by atoms with Crippen molar-refractivity contribution in [1.29, 1.82) is 0 Å². The molecule has 0 aromatic carbocycles. The second-order valence-corrected chi connectivity index (χ2v) is 5.15. The molecule has 2 nitrogen and oxygen atoms in total. The lowest BCUT2D eigenvalue weighted by molar-refractivity contribution is -0.118. The highest BCUT2D eigenvalue weighted by Crippen LogP contribution is 2.52. The first kappa shape index (κ1) is 14.4. The van der Waals surface area contributed by atoms with Gasteiger partial charge in [0.05, 0.1) is 11.1 Å². The maximum absolute atomic E-state index is 13.1. The Morgan fingerprint density at radius 3 is 2.24 bits per heavy atom. The predicted octanol–water partition coefficient (Wildman–Crippen LogP) is 3.33. The van der Waals surface area contributed by atoms with E-state index in [-0.39, 0.29) is 6.42 Å². The van der Waals surface area contributed by atoms with Crippen molar-refractivity contribution in [3.63, 3.8) is 0 Å². The van der Waals surface area contributed by atoms with E-state index in [0.717, 1.165) is 0 Å². The van der Waals surface area contributed by atoms with E-state index in [4.69, 9.17) is 0 Å². The van der Waals surface area contributed by atoms with Gasteiger partial charge in [-0.05, 0) is 18.1 Å². The number of fused-ring (bicyclic) bond motifs is 2. The molecule has 8 heteroatoms. The van der Waals surface area contributed by atoms with Gasteiger partial charge in [-0.25, -0.2) is 0 Å². The molecular formula is C13H10F6N2. The van der Waals surface area contributed by atoms with Crippen molar-refractivity contribution in [1.82, 2.24) is 10.3 Å². The minimum Gasteiger partial charge on any atom is -0.302 e. The quantitative estimate of drug-likeness (QED) is 0.636. The van der Waals surface area contributed by atoms with Crippen molar-refractivity contribution in [2.45, 2.75) is 36.8 Å². The first-order chi connectivity index (χ1) is 9.69. The average molecular weight is 308 g/mol. The molecule has 3 atom stereocenters. The normalized spacial score (nSPS) is 29.3. The van der Waals surface area contributed by atoms with Gasteiger partial charge in [0.15, 0.2) is 0 Å². The maximum Gasteiger partial charge on any atom is 0.414 e. The molecule has 114 valence electrons. The fraction of sp³-hybridized carbons (Fsp3) is 0.462. The first-order valence-electron chi connectivity index (χ1n) is 6.24. The summed E-state index contributed by atoms with van der Waals surface area (Å²) in [4.78, 5) is 3.82. The Morgan fingerprint density at radius 1 is 1.05 bits per heavy atom. The van der Waals surface area contributed by atoms with Crippen LogP contribution in [0, 0.1) is 0 Å². The van der Waals surface area contributed by atoms with E-state index >= 15 is 0 Å². The van der Waals surface area contributed by atoms with Gasteiger partial charge in [-0.1, -0.05) is 6.07 Å². The highest BCUT2D eigenvalue weighted by Gasteiger charge is 2.60. The first-order valence-corrected chi connectivity index (χ1v) is 6.24. The summed E-state index contributed by atoms with van der Waals surface area (Å²) in [5.74, 6) is -0.647. The Morgan fingerprint density at radius 2 is 1.71 bits per heavy atom. The molecule has 0 amide bonds. The van der Waals surface area contributed by atoms with Crippen molar-refractivity contribution < 1.29 is 26.3 Å². The Labute approximate surface area is 115 Å². The molecule has 2 bridgehead atoms. The van der Waals surface area contributed by atoms with Gasteiger partial charge in [0.1, 0.15) is 0 Å². The standard InChI is InChI=1S/C13H10F6N2/c14-12(15,16)9-8-4-7(6-2-1-3-20-5-6)11(21-8)10(9)13(17,18)19/h1-3,5,7-8,11,21H,4H2. The van der Waals surface area contributed by atoms with Gasteiger partial charge < -0.3 is 5.32 Å². The lowest BCUT2D eigenvalue weighted by atomic mass is 9.80. The van der Waals surface area contributed by atoms with E-state index in [0.29, 0.717) is 5.56 Å². The molecule has 3 unspecified atom stereocenters. The predicted molar refractivity (Wildman–Crippen MR) is 61.4 cm³/mol. The molecule has 0 saturated carbocycles. The van der Waals surface area contributed by atoms with Crippen LogP contribution in [0.15, 0.2) is 35.7 Å². The minimum absolute atomic E-state index is 0.00914. The number of hydrogen-bond acceptors (Lipinski definition) is 2. The van der Waals surface area contributed by atoms with Gasteiger partial charge in [0.25, 0.3) is 0 Å². The van der Waals surface area contributed by atoms with Crippen LogP contribution in [0.1, 0.15) is 17.9 Å². The van der Waals surface area contributed by atoms with Crippen molar-refractivity contribution in [2.24, 2.45) is 0 Å². The molecule has 3 rings (SSSR count). The van der Waals surface area contributed by atoms with Gasteiger partial charge in [-0.15, -0.1) is 0 Å². The Bertz CT molecular complexity index is 575. The summed E-state index contributed by atoms with van der Waals surface area (Å²) in [5.41, 5.74) is -2.44. The highest BCUT2D eigenvalue weighted by atomic mass is 19.4. The van der Waals surface area contributed by atoms with Crippen molar-refractivity contribution in [3.05, 3.63) is 41.2 Å². The van der Waals surface area contributed by atoms with Gasteiger partial charge in [0, 0.05) is 30.4 Å². The zero-order valence-electron chi connectivity index (χ0n) is 10.5. The van der Waals surface area contributed by atoms with Crippen LogP contribution in [0.3, 0.4) is 0 Å². The van der Waals surface area contributed by atoms with Crippen LogP contribution in [0.5, 0.6) is 0 Å². The summed E-state index contributed by atoms with van der Waals surface area (Å²) in [7, 11) is 0. The molecule has 1 aromatic rings. The van der Waals surface area contributed by atoms with Crippen LogP contribution in [-0.2, 0) is 0 Å². The van der Waals surface area contributed by atoms with E-state index in [1.165, 1.54) is 12.4 Å². The number of halogens is 6. The van der Waals surface area contributed by atoms with Crippen LogP contribution >= 0.6 is 0 Å². The number of hydrogen-bond donors (Lipinski definition) is 1. The van der Waals surface area contributed by atoms with Crippen molar-refractivity contribution in [3.8, 4) is 0 Å². The molecule has 3 heterocycles. The second kappa shape index (κ2) is 4.46. The summed E-state index contributed by atoms with van der Waals surface area (Å²) in [6.45, 7) is 0. The topological polar surface area (TPSA) is 24.9 Å². The zero-order valence-corrected chi connectivity index (χ0v) is 10.5.